The second kappa shape index (κ2) is 8.75. The van der Waals surface area contributed by atoms with E-state index in [0.717, 1.165) is 0 Å². The van der Waals surface area contributed by atoms with E-state index in [1.807, 2.05) is 0 Å². The molecule has 0 unspecified atom stereocenters. The molecule has 3 aromatic rings. The zero-order valence-electron chi connectivity index (χ0n) is 16.3. The summed E-state index contributed by atoms with van der Waals surface area (Å²) in [7, 11) is 0. The second-order valence-electron chi connectivity index (χ2n) is 6.49. The lowest BCUT2D eigenvalue weighted by Crippen LogP contribution is -2.45. The van der Waals surface area contributed by atoms with Gasteiger partial charge in [0.1, 0.15) is 17.5 Å². The molecule has 0 radical (unpaired) electrons. The van der Waals surface area contributed by atoms with Crippen molar-refractivity contribution >= 4 is 23.2 Å². The van der Waals surface area contributed by atoms with E-state index in [2.05, 4.69) is 10.3 Å². The molecular formula is C19H15ClF3N5O4. The first-order valence-corrected chi connectivity index (χ1v) is 9.22. The summed E-state index contributed by atoms with van der Waals surface area (Å²) >= 11 is 5.73. The fraction of sp³-hybridized carbons (Fsp3) is 0.158. The molecule has 1 aromatic carbocycles. The molecule has 0 saturated heterocycles. The van der Waals surface area contributed by atoms with Gasteiger partial charge in [0.25, 0.3) is 5.56 Å². The molecule has 32 heavy (non-hydrogen) atoms. The van der Waals surface area contributed by atoms with E-state index in [1.165, 1.54) is 31.3 Å². The van der Waals surface area contributed by atoms with Crippen LogP contribution in [0.5, 0.6) is 5.75 Å². The lowest BCUT2D eigenvalue weighted by molar-refractivity contribution is -0.143. The molecule has 0 spiro atoms. The van der Waals surface area contributed by atoms with Crippen LogP contribution in [0.15, 0.2) is 52.2 Å². The minimum atomic E-state index is -5.01. The highest BCUT2D eigenvalue weighted by atomic mass is 35.5. The average molecular weight is 470 g/mol. The summed E-state index contributed by atoms with van der Waals surface area (Å²) in [6.45, 7) is 1.26. The third-order valence-corrected chi connectivity index (χ3v) is 4.37. The molecule has 13 heteroatoms. The van der Waals surface area contributed by atoms with Crippen LogP contribution in [-0.4, -0.2) is 20.1 Å². The first-order chi connectivity index (χ1) is 15.0. The monoisotopic (exact) mass is 469 g/mol. The van der Waals surface area contributed by atoms with Gasteiger partial charge in [-0.2, -0.15) is 13.2 Å². The quantitative estimate of drug-likeness (QED) is 0.437. The normalized spacial score (nSPS) is 11.3. The molecule has 3 rings (SSSR count). The Morgan fingerprint density at radius 1 is 1.22 bits per heavy atom. The number of hydrogen-bond donors (Lipinski definition) is 2. The standard InChI is InChI=1S/C19H15ClF3N5O4/c1-10(29)26-13-6-12(32-9-11-2-5-16(20)25-8-11)3-4-14(13)27-17(30)7-15(19(21,22)23)28(24)18(27)31/h2-8H,9,24H2,1H3,(H,26,29). The number of rotatable bonds is 5. The van der Waals surface area contributed by atoms with E-state index in [9.17, 15) is 27.6 Å². The van der Waals surface area contributed by atoms with Crippen molar-refractivity contribution in [2.75, 3.05) is 11.2 Å². The maximum atomic E-state index is 13.0. The van der Waals surface area contributed by atoms with Gasteiger partial charge in [-0.15, -0.1) is 0 Å². The molecule has 9 nitrogen and oxygen atoms in total. The van der Waals surface area contributed by atoms with E-state index < -0.39 is 29.0 Å². The average Bonchev–Trinajstić information content (AvgIpc) is 2.70. The van der Waals surface area contributed by atoms with Crippen LogP contribution in [0.1, 0.15) is 18.2 Å². The van der Waals surface area contributed by atoms with Crippen molar-refractivity contribution in [1.29, 1.82) is 0 Å². The number of alkyl halides is 3. The van der Waals surface area contributed by atoms with Gasteiger partial charge in [0.2, 0.25) is 5.91 Å². The Labute approximate surface area is 182 Å². The van der Waals surface area contributed by atoms with Gasteiger partial charge >= 0.3 is 11.9 Å². The van der Waals surface area contributed by atoms with E-state index >= 15 is 0 Å². The summed E-state index contributed by atoms with van der Waals surface area (Å²) in [5.74, 6) is 4.96. The van der Waals surface area contributed by atoms with Crippen LogP contribution >= 0.6 is 11.6 Å². The molecular weight excluding hydrogens is 455 g/mol. The molecule has 0 saturated carbocycles. The van der Waals surface area contributed by atoms with E-state index in [4.69, 9.17) is 22.2 Å². The number of halogens is 4. The van der Waals surface area contributed by atoms with Gasteiger partial charge in [0.15, 0.2) is 5.69 Å². The number of anilines is 1. The predicted octanol–water partition coefficient (Wildman–Crippen LogP) is 2.32. The highest BCUT2D eigenvalue weighted by Gasteiger charge is 2.36. The maximum absolute atomic E-state index is 13.0. The van der Waals surface area contributed by atoms with Crippen molar-refractivity contribution in [3.05, 3.63) is 79.8 Å². The van der Waals surface area contributed by atoms with Gasteiger partial charge in [-0.25, -0.2) is 19.0 Å². The van der Waals surface area contributed by atoms with Crippen LogP contribution < -0.4 is 27.1 Å². The lowest BCUT2D eigenvalue weighted by atomic mass is 10.2. The predicted molar refractivity (Wildman–Crippen MR) is 109 cm³/mol. The zero-order valence-corrected chi connectivity index (χ0v) is 17.1. The van der Waals surface area contributed by atoms with Crippen LogP contribution in [0.4, 0.5) is 18.9 Å². The van der Waals surface area contributed by atoms with Crippen LogP contribution in [0.3, 0.4) is 0 Å². The topological polar surface area (TPSA) is 121 Å². The fourth-order valence-corrected chi connectivity index (χ4v) is 2.86. The molecule has 2 heterocycles. The van der Waals surface area contributed by atoms with Crippen molar-refractivity contribution in [2.24, 2.45) is 0 Å². The molecule has 0 fully saturated rings. The minimum absolute atomic E-state index is 0.0526. The Kier molecular flexibility index (Phi) is 6.25. The molecule has 0 aliphatic heterocycles. The molecule has 0 aliphatic carbocycles. The zero-order chi connectivity index (χ0) is 23.6. The van der Waals surface area contributed by atoms with Crippen molar-refractivity contribution in [3.63, 3.8) is 0 Å². The Balaban J connectivity index is 2.04. The number of carbonyl (C=O) groups excluding carboxylic acids is 1. The van der Waals surface area contributed by atoms with Crippen molar-refractivity contribution in [2.45, 2.75) is 19.7 Å². The van der Waals surface area contributed by atoms with Gasteiger partial charge < -0.3 is 15.9 Å². The Bertz CT molecular complexity index is 1290. The highest BCUT2D eigenvalue weighted by molar-refractivity contribution is 6.29. The molecule has 3 N–H and O–H groups in total. The SMILES string of the molecule is CC(=O)Nc1cc(OCc2ccc(Cl)nc2)ccc1-n1c(=O)cc(C(F)(F)F)n(N)c1=O. The van der Waals surface area contributed by atoms with Crippen LogP contribution in [0.2, 0.25) is 5.15 Å². The smallest absolute Gasteiger partial charge is 0.433 e. The van der Waals surface area contributed by atoms with Crippen molar-refractivity contribution < 1.29 is 22.7 Å². The summed E-state index contributed by atoms with van der Waals surface area (Å²) in [5.41, 5.74) is -3.90. The van der Waals surface area contributed by atoms with Crippen LogP contribution in [0.25, 0.3) is 5.69 Å². The third kappa shape index (κ3) is 4.91. The molecule has 0 bridgehead atoms. The maximum Gasteiger partial charge on any atom is 0.433 e. The number of carbonyl (C=O) groups is 1. The van der Waals surface area contributed by atoms with Gasteiger partial charge in [0, 0.05) is 30.8 Å². The van der Waals surface area contributed by atoms with Gasteiger partial charge in [0.05, 0.1) is 11.4 Å². The molecule has 0 aliphatic rings. The number of nitrogens with zero attached hydrogens (tertiary/aromatic N) is 3. The first-order valence-electron chi connectivity index (χ1n) is 8.84. The van der Waals surface area contributed by atoms with E-state index in [-0.39, 0.29) is 34.5 Å². The largest absolute Gasteiger partial charge is 0.489 e. The molecule has 0 atom stereocenters. The fourth-order valence-electron chi connectivity index (χ4n) is 2.74. The first kappa shape index (κ1) is 22.9. The van der Waals surface area contributed by atoms with Crippen molar-refractivity contribution in [3.8, 4) is 11.4 Å². The summed E-state index contributed by atoms with van der Waals surface area (Å²) in [5, 5.41) is 2.72. The highest BCUT2D eigenvalue weighted by Crippen LogP contribution is 2.28. The number of nitrogens with one attached hydrogen (secondary N) is 1. The number of aromatic nitrogens is 3. The number of hydrogen-bond acceptors (Lipinski definition) is 6. The Morgan fingerprint density at radius 3 is 2.53 bits per heavy atom. The third-order valence-electron chi connectivity index (χ3n) is 4.14. The number of nitrogens with two attached hydrogens (primary N) is 1. The molecule has 2 aromatic heterocycles. The van der Waals surface area contributed by atoms with Gasteiger partial charge in [-0.3, -0.25) is 9.59 Å². The van der Waals surface area contributed by atoms with Crippen LogP contribution in [-0.2, 0) is 17.6 Å². The second-order valence-corrected chi connectivity index (χ2v) is 6.88. The number of amides is 1. The van der Waals surface area contributed by atoms with Crippen molar-refractivity contribution in [1.82, 2.24) is 14.2 Å². The summed E-state index contributed by atoms with van der Waals surface area (Å²) in [4.78, 5) is 40.4. The number of nitrogen functional groups attached to an aromatic ring is 1. The number of benzene rings is 1. The number of pyridine rings is 1. The Hall–Kier alpha value is -3.80. The van der Waals surface area contributed by atoms with E-state index in [1.54, 1.807) is 12.1 Å². The van der Waals surface area contributed by atoms with E-state index in [0.29, 0.717) is 15.3 Å². The lowest BCUT2D eigenvalue weighted by Gasteiger charge is -2.16. The summed E-state index contributed by atoms with van der Waals surface area (Å²) in [6.07, 6.45) is -3.52. The summed E-state index contributed by atoms with van der Waals surface area (Å²) in [6, 6.07) is 7.36. The Morgan fingerprint density at radius 2 is 1.94 bits per heavy atom. The van der Waals surface area contributed by atoms with Gasteiger partial charge in [-0.1, -0.05) is 17.7 Å². The van der Waals surface area contributed by atoms with Crippen LogP contribution in [0, 0.1) is 0 Å². The molecule has 168 valence electrons. The minimum Gasteiger partial charge on any atom is -0.489 e. The van der Waals surface area contributed by atoms with Gasteiger partial charge in [-0.05, 0) is 18.2 Å². The molecule has 1 amide bonds. The number of ether oxygens (including phenoxy) is 1. The summed E-state index contributed by atoms with van der Waals surface area (Å²) < 4.78 is 44.9.